The second kappa shape index (κ2) is 7.66. The Bertz CT molecular complexity index is 949. The van der Waals surface area contributed by atoms with Crippen molar-refractivity contribution in [3.63, 3.8) is 0 Å². The number of carbonyl (C=O) groups is 1. The summed E-state index contributed by atoms with van der Waals surface area (Å²) in [6, 6.07) is 0.0447. The number of nitrogens with one attached hydrogen (secondary N) is 1. The van der Waals surface area contributed by atoms with Crippen LogP contribution in [-0.4, -0.2) is 50.0 Å². The molecule has 4 rings (SSSR count). The SMILES string of the molecule is CC(=O)N1CCC(CNc2nc3cnc(Cl)nc3n([C@@H](C)C3CC3)c2=O)CC1. The Morgan fingerprint density at radius 2 is 2.00 bits per heavy atom. The minimum Gasteiger partial charge on any atom is -0.365 e. The van der Waals surface area contributed by atoms with E-state index < -0.39 is 0 Å². The molecule has 9 heteroatoms. The Labute approximate surface area is 168 Å². The number of carbonyl (C=O) groups excluding carboxylic acids is 1. The van der Waals surface area contributed by atoms with Crippen LogP contribution in [0.25, 0.3) is 11.2 Å². The van der Waals surface area contributed by atoms with Gasteiger partial charge in [0.1, 0.15) is 5.52 Å². The molecule has 8 nitrogen and oxygen atoms in total. The lowest BCUT2D eigenvalue weighted by atomic mass is 9.97. The summed E-state index contributed by atoms with van der Waals surface area (Å²) >= 11 is 5.97. The minimum atomic E-state index is -0.164. The molecule has 2 aromatic heterocycles. The van der Waals surface area contributed by atoms with Crippen LogP contribution in [0.3, 0.4) is 0 Å². The van der Waals surface area contributed by atoms with E-state index in [0.29, 0.717) is 35.4 Å². The van der Waals surface area contributed by atoms with E-state index in [1.54, 1.807) is 17.7 Å². The van der Waals surface area contributed by atoms with Gasteiger partial charge in [-0.2, -0.15) is 4.98 Å². The fourth-order valence-corrected chi connectivity index (χ4v) is 4.08. The number of likely N-dealkylation sites (tertiary alicyclic amines) is 1. The smallest absolute Gasteiger partial charge is 0.295 e. The summed E-state index contributed by atoms with van der Waals surface area (Å²) in [6.07, 6.45) is 5.65. The lowest BCUT2D eigenvalue weighted by molar-refractivity contribution is -0.130. The number of rotatable bonds is 5. The Balaban J connectivity index is 1.57. The van der Waals surface area contributed by atoms with Gasteiger partial charge in [-0.25, -0.2) is 9.97 Å². The lowest BCUT2D eigenvalue weighted by Crippen LogP contribution is -2.39. The van der Waals surface area contributed by atoms with Crippen LogP contribution < -0.4 is 10.9 Å². The third-order valence-electron chi connectivity index (χ3n) is 5.93. The highest BCUT2D eigenvalue weighted by molar-refractivity contribution is 6.28. The van der Waals surface area contributed by atoms with Crippen molar-refractivity contribution < 1.29 is 4.79 Å². The van der Waals surface area contributed by atoms with Crippen molar-refractivity contribution in [1.82, 2.24) is 24.4 Å². The fraction of sp³-hybridized carbons (Fsp3) is 0.632. The van der Waals surface area contributed by atoms with Gasteiger partial charge in [0.25, 0.3) is 5.56 Å². The summed E-state index contributed by atoms with van der Waals surface area (Å²) in [5.41, 5.74) is 0.887. The van der Waals surface area contributed by atoms with E-state index >= 15 is 0 Å². The zero-order valence-corrected chi connectivity index (χ0v) is 16.9. The van der Waals surface area contributed by atoms with Crippen molar-refractivity contribution in [3.8, 4) is 0 Å². The normalized spacial score (nSPS) is 19.0. The average molecular weight is 405 g/mol. The van der Waals surface area contributed by atoms with Gasteiger partial charge in [0.2, 0.25) is 11.2 Å². The maximum absolute atomic E-state index is 13.2. The Kier molecular flexibility index (Phi) is 5.23. The van der Waals surface area contributed by atoms with Gasteiger partial charge in [-0.3, -0.25) is 14.2 Å². The maximum Gasteiger partial charge on any atom is 0.295 e. The van der Waals surface area contributed by atoms with Crippen LogP contribution >= 0.6 is 11.6 Å². The van der Waals surface area contributed by atoms with Crippen molar-refractivity contribution in [3.05, 3.63) is 21.8 Å². The summed E-state index contributed by atoms with van der Waals surface area (Å²) in [7, 11) is 0. The second-order valence-corrected chi connectivity index (χ2v) is 8.23. The van der Waals surface area contributed by atoms with Gasteiger partial charge < -0.3 is 10.2 Å². The number of amides is 1. The van der Waals surface area contributed by atoms with E-state index in [2.05, 4.69) is 27.2 Å². The van der Waals surface area contributed by atoms with Crippen molar-refractivity contribution in [2.24, 2.45) is 11.8 Å². The lowest BCUT2D eigenvalue weighted by Gasteiger charge is -2.31. The van der Waals surface area contributed by atoms with Crippen molar-refractivity contribution >= 4 is 34.5 Å². The summed E-state index contributed by atoms with van der Waals surface area (Å²) in [4.78, 5) is 39.3. The molecule has 2 fully saturated rings. The van der Waals surface area contributed by atoms with Gasteiger partial charge in [-0.15, -0.1) is 0 Å². The Morgan fingerprint density at radius 1 is 1.29 bits per heavy atom. The molecule has 1 aliphatic heterocycles. The molecule has 0 radical (unpaired) electrons. The molecule has 0 aromatic carbocycles. The highest BCUT2D eigenvalue weighted by Gasteiger charge is 2.32. The number of hydrogen-bond donors (Lipinski definition) is 1. The van der Waals surface area contributed by atoms with E-state index in [4.69, 9.17) is 11.6 Å². The van der Waals surface area contributed by atoms with Crippen molar-refractivity contribution in [2.45, 2.75) is 45.6 Å². The number of fused-ring (bicyclic) bond motifs is 1. The molecule has 1 saturated carbocycles. The molecule has 2 aromatic rings. The molecule has 3 heterocycles. The fourth-order valence-electron chi connectivity index (χ4n) is 3.96. The van der Waals surface area contributed by atoms with Crippen molar-refractivity contribution in [1.29, 1.82) is 0 Å². The number of halogens is 1. The Hall–Kier alpha value is -2.22. The summed E-state index contributed by atoms with van der Waals surface area (Å²) in [5, 5.41) is 3.37. The first-order chi connectivity index (χ1) is 13.4. The average Bonchev–Trinajstić information content (AvgIpc) is 3.52. The van der Waals surface area contributed by atoms with E-state index in [-0.39, 0.29) is 22.8 Å². The highest BCUT2D eigenvalue weighted by atomic mass is 35.5. The molecule has 0 unspecified atom stereocenters. The number of piperidine rings is 1. The molecule has 1 N–H and O–H groups in total. The topological polar surface area (TPSA) is 93.0 Å². The molecule has 28 heavy (non-hydrogen) atoms. The van der Waals surface area contributed by atoms with Gasteiger partial charge in [-0.1, -0.05) is 0 Å². The Morgan fingerprint density at radius 3 is 2.64 bits per heavy atom. The third kappa shape index (κ3) is 3.83. The molecule has 2 aliphatic rings. The predicted molar refractivity (Wildman–Crippen MR) is 108 cm³/mol. The van der Waals surface area contributed by atoms with Crippen LogP contribution in [-0.2, 0) is 4.79 Å². The van der Waals surface area contributed by atoms with Crippen LogP contribution in [0.15, 0.2) is 11.0 Å². The number of aromatic nitrogens is 4. The van der Waals surface area contributed by atoms with Crippen LogP contribution in [0.2, 0.25) is 5.28 Å². The second-order valence-electron chi connectivity index (χ2n) is 7.89. The number of nitrogens with zero attached hydrogens (tertiary/aromatic N) is 5. The molecular weight excluding hydrogens is 380 g/mol. The van der Waals surface area contributed by atoms with Crippen LogP contribution in [0, 0.1) is 11.8 Å². The molecule has 150 valence electrons. The van der Waals surface area contributed by atoms with Gasteiger partial charge >= 0.3 is 0 Å². The number of hydrogen-bond acceptors (Lipinski definition) is 6. The van der Waals surface area contributed by atoms with Gasteiger partial charge in [-0.05, 0) is 56.0 Å². The molecule has 0 bridgehead atoms. The first-order valence-corrected chi connectivity index (χ1v) is 10.3. The first kappa shape index (κ1) is 19.1. The minimum absolute atomic E-state index is 0.0447. The third-order valence-corrected chi connectivity index (χ3v) is 6.11. The first-order valence-electron chi connectivity index (χ1n) is 9.88. The zero-order valence-electron chi connectivity index (χ0n) is 16.2. The van der Waals surface area contributed by atoms with Crippen LogP contribution in [0.1, 0.15) is 45.6 Å². The maximum atomic E-state index is 13.2. The van der Waals surface area contributed by atoms with E-state index in [1.807, 2.05) is 4.90 Å². The van der Waals surface area contributed by atoms with Crippen LogP contribution in [0.5, 0.6) is 0 Å². The monoisotopic (exact) mass is 404 g/mol. The van der Waals surface area contributed by atoms with E-state index in [1.165, 1.54) is 0 Å². The van der Waals surface area contributed by atoms with Crippen LogP contribution in [0.4, 0.5) is 5.82 Å². The quantitative estimate of drug-likeness (QED) is 0.769. The number of anilines is 1. The molecular formula is C19H25ClN6O2. The zero-order chi connectivity index (χ0) is 19.8. The standard InChI is InChI=1S/C19H25ClN6O2/c1-11(14-3-4-14)26-17-15(10-22-19(20)24-17)23-16(18(26)28)21-9-13-5-7-25(8-6-13)12(2)27/h10-11,13-14H,3-9H2,1-2H3,(H,21,23)/t11-/m0/s1. The molecule has 1 amide bonds. The van der Waals surface area contributed by atoms with E-state index in [0.717, 1.165) is 38.8 Å². The summed E-state index contributed by atoms with van der Waals surface area (Å²) in [5.74, 6) is 1.35. The van der Waals surface area contributed by atoms with Gasteiger partial charge in [0.05, 0.1) is 6.20 Å². The molecule has 1 saturated heterocycles. The van der Waals surface area contributed by atoms with Gasteiger partial charge in [0, 0.05) is 32.6 Å². The molecule has 1 aliphatic carbocycles. The largest absolute Gasteiger partial charge is 0.365 e. The highest BCUT2D eigenvalue weighted by Crippen LogP contribution is 2.39. The van der Waals surface area contributed by atoms with Crippen molar-refractivity contribution in [2.75, 3.05) is 25.0 Å². The molecule has 0 spiro atoms. The summed E-state index contributed by atoms with van der Waals surface area (Å²) in [6.45, 7) is 5.85. The predicted octanol–water partition coefficient (Wildman–Crippen LogP) is 2.48. The molecule has 1 atom stereocenters. The van der Waals surface area contributed by atoms with E-state index in [9.17, 15) is 9.59 Å². The summed E-state index contributed by atoms with van der Waals surface area (Å²) < 4.78 is 1.72. The van der Waals surface area contributed by atoms with Gasteiger partial charge in [0.15, 0.2) is 11.5 Å².